The number of anilines is 2. The van der Waals surface area contributed by atoms with Crippen LogP contribution in [-0.2, 0) is 20.9 Å². The summed E-state index contributed by atoms with van der Waals surface area (Å²) in [5.74, 6) is -0.444. The molecule has 1 N–H and O–H groups in total. The number of carbonyl (C=O) groups excluding carboxylic acids is 3. The Hall–Kier alpha value is -4.17. The highest BCUT2D eigenvalue weighted by Gasteiger charge is 2.28. The van der Waals surface area contributed by atoms with Crippen LogP contribution in [-0.4, -0.2) is 74.5 Å². The van der Waals surface area contributed by atoms with E-state index in [9.17, 15) is 14.4 Å². The van der Waals surface area contributed by atoms with E-state index in [-0.39, 0.29) is 30.2 Å². The van der Waals surface area contributed by atoms with E-state index >= 15 is 0 Å². The first kappa shape index (κ1) is 29.8. The molecule has 1 atom stereocenters. The number of methoxy groups -OCH3 is 1. The maximum absolute atomic E-state index is 13.8. The summed E-state index contributed by atoms with van der Waals surface area (Å²) in [5, 5.41) is 2.82. The lowest BCUT2D eigenvalue weighted by Crippen LogP contribution is -2.38. The number of hydrogen-bond acceptors (Lipinski definition) is 5. The Balaban J connectivity index is 1.56. The molecule has 0 saturated carbocycles. The van der Waals surface area contributed by atoms with Crippen LogP contribution in [0.5, 0.6) is 0 Å². The minimum absolute atomic E-state index is 0.0728. The summed E-state index contributed by atoms with van der Waals surface area (Å²) in [5.41, 5.74) is 3.91. The number of ether oxygens (including phenoxy) is 1. The quantitative estimate of drug-likeness (QED) is 0.389. The van der Waals surface area contributed by atoms with Gasteiger partial charge in [0.05, 0.1) is 11.5 Å². The van der Waals surface area contributed by atoms with Gasteiger partial charge in [-0.05, 0) is 42.2 Å². The van der Waals surface area contributed by atoms with E-state index in [1.807, 2.05) is 77.7 Å². The smallest absolute Gasteiger partial charge is 0.256 e. The maximum Gasteiger partial charge on any atom is 0.256 e. The largest absolute Gasteiger partial charge is 0.375 e. The van der Waals surface area contributed by atoms with Gasteiger partial charge in [-0.25, -0.2) is 0 Å². The van der Waals surface area contributed by atoms with Gasteiger partial charge in [-0.15, -0.1) is 0 Å². The Bertz CT molecular complexity index is 1320. The minimum atomic E-state index is -0.288. The number of rotatable bonds is 10. The van der Waals surface area contributed by atoms with Gasteiger partial charge in [0.15, 0.2) is 0 Å². The summed E-state index contributed by atoms with van der Waals surface area (Å²) in [6.45, 7) is 4.99. The molecule has 216 valence electrons. The van der Waals surface area contributed by atoms with Crippen LogP contribution >= 0.6 is 0 Å². The molecular weight excluding hydrogens is 516 g/mol. The number of nitrogens with one attached hydrogen (secondary N) is 1. The summed E-state index contributed by atoms with van der Waals surface area (Å²) in [4.78, 5) is 45.4. The lowest BCUT2D eigenvalue weighted by Gasteiger charge is -2.28. The zero-order chi connectivity index (χ0) is 29.2. The van der Waals surface area contributed by atoms with Crippen molar-refractivity contribution in [2.24, 2.45) is 0 Å². The molecule has 4 rings (SSSR count). The Morgan fingerprint density at radius 3 is 2.32 bits per heavy atom. The van der Waals surface area contributed by atoms with Gasteiger partial charge in [-0.3, -0.25) is 14.4 Å². The second kappa shape index (κ2) is 14.5. The van der Waals surface area contributed by atoms with Gasteiger partial charge < -0.3 is 24.8 Å². The van der Waals surface area contributed by atoms with Gasteiger partial charge in [0.2, 0.25) is 11.8 Å². The third-order valence-corrected chi connectivity index (χ3v) is 7.45. The van der Waals surface area contributed by atoms with Gasteiger partial charge in [0.1, 0.15) is 6.61 Å². The number of benzene rings is 3. The van der Waals surface area contributed by atoms with Crippen LogP contribution in [0.4, 0.5) is 11.4 Å². The Morgan fingerprint density at radius 2 is 1.63 bits per heavy atom. The van der Waals surface area contributed by atoms with Crippen molar-refractivity contribution in [3.05, 3.63) is 95.6 Å². The van der Waals surface area contributed by atoms with Gasteiger partial charge >= 0.3 is 0 Å². The molecule has 1 aliphatic rings. The van der Waals surface area contributed by atoms with Gasteiger partial charge in [0, 0.05) is 58.3 Å². The lowest BCUT2D eigenvalue weighted by molar-refractivity contribution is -0.132. The van der Waals surface area contributed by atoms with Crippen LogP contribution in [0.1, 0.15) is 47.2 Å². The van der Waals surface area contributed by atoms with Crippen molar-refractivity contribution in [2.45, 2.75) is 32.2 Å². The second-order valence-corrected chi connectivity index (χ2v) is 10.4. The Labute approximate surface area is 242 Å². The fraction of sp³-hybridized carbons (Fsp3) is 0.364. The summed E-state index contributed by atoms with van der Waals surface area (Å²) in [6.07, 6.45) is 1.53. The highest BCUT2D eigenvalue weighted by molar-refractivity contribution is 6.02. The van der Waals surface area contributed by atoms with Crippen LogP contribution in [0.25, 0.3) is 0 Å². The summed E-state index contributed by atoms with van der Waals surface area (Å²) < 4.78 is 4.95. The third-order valence-electron chi connectivity index (χ3n) is 7.45. The standard InChI is InChI=1S/C33H40N4O4/c1-4-28(26-14-9-6-10-15-26)33(40)37-19-11-18-36(20-21-37)30-17-16-27(34-31(38)24-41-3)22-29(30)32(39)35(2)23-25-12-7-5-8-13-25/h5-10,12-17,22,28H,4,11,18-21,23-24H2,1-3H3,(H,34,38)/t28-/m1/s1. The highest BCUT2D eigenvalue weighted by atomic mass is 16.5. The number of carbonyl (C=O) groups is 3. The highest BCUT2D eigenvalue weighted by Crippen LogP contribution is 2.29. The number of nitrogens with zero attached hydrogens (tertiary/aromatic N) is 3. The molecule has 1 heterocycles. The SMILES string of the molecule is CC[C@@H](C(=O)N1CCCN(c2ccc(NC(=O)COC)cc2C(=O)N(C)Cc2ccccc2)CC1)c1ccccc1. The molecule has 0 spiro atoms. The zero-order valence-corrected chi connectivity index (χ0v) is 24.2. The Kier molecular flexibility index (Phi) is 10.5. The van der Waals surface area contributed by atoms with Gasteiger partial charge in [0.25, 0.3) is 5.91 Å². The second-order valence-electron chi connectivity index (χ2n) is 10.4. The first-order valence-corrected chi connectivity index (χ1v) is 14.2. The predicted molar refractivity (Wildman–Crippen MR) is 162 cm³/mol. The van der Waals surface area contributed by atoms with Crippen molar-refractivity contribution in [1.82, 2.24) is 9.80 Å². The molecule has 1 aliphatic heterocycles. The monoisotopic (exact) mass is 556 g/mol. The molecule has 0 aliphatic carbocycles. The van der Waals surface area contributed by atoms with Crippen molar-refractivity contribution < 1.29 is 19.1 Å². The zero-order valence-electron chi connectivity index (χ0n) is 24.2. The van der Waals surface area contributed by atoms with Crippen molar-refractivity contribution >= 4 is 29.1 Å². The lowest BCUT2D eigenvalue weighted by atomic mass is 9.95. The van der Waals surface area contributed by atoms with E-state index in [2.05, 4.69) is 17.1 Å². The van der Waals surface area contributed by atoms with Gasteiger partial charge in [-0.2, -0.15) is 0 Å². The Morgan fingerprint density at radius 1 is 0.927 bits per heavy atom. The maximum atomic E-state index is 13.8. The molecule has 3 aromatic rings. The molecule has 8 nitrogen and oxygen atoms in total. The predicted octanol–water partition coefficient (Wildman–Crippen LogP) is 4.78. The fourth-order valence-corrected chi connectivity index (χ4v) is 5.36. The molecule has 0 radical (unpaired) electrons. The van der Waals surface area contributed by atoms with E-state index in [1.165, 1.54) is 7.11 Å². The number of hydrogen-bond donors (Lipinski definition) is 1. The molecule has 41 heavy (non-hydrogen) atoms. The fourth-order valence-electron chi connectivity index (χ4n) is 5.36. The molecule has 3 amide bonds. The van der Waals surface area contributed by atoms with Crippen molar-refractivity contribution in [3.8, 4) is 0 Å². The summed E-state index contributed by atoms with van der Waals surface area (Å²) in [6, 6.07) is 25.2. The molecule has 3 aromatic carbocycles. The molecule has 1 fully saturated rings. The molecule has 0 bridgehead atoms. The molecule has 8 heteroatoms. The van der Waals surface area contributed by atoms with Crippen LogP contribution in [0.15, 0.2) is 78.9 Å². The van der Waals surface area contributed by atoms with E-state index in [4.69, 9.17) is 4.74 Å². The van der Waals surface area contributed by atoms with Crippen molar-refractivity contribution in [1.29, 1.82) is 0 Å². The average Bonchev–Trinajstić information content (AvgIpc) is 3.25. The van der Waals surface area contributed by atoms with Crippen LogP contribution < -0.4 is 10.2 Å². The molecule has 0 unspecified atom stereocenters. The van der Waals surface area contributed by atoms with E-state index < -0.39 is 0 Å². The van der Waals surface area contributed by atoms with Crippen LogP contribution in [0.2, 0.25) is 0 Å². The first-order chi connectivity index (χ1) is 19.9. The van der Waals surface area contributed by atoms with E-state index in [0.29, 0.717) is 44.0 Å². The summed E-state index contributed by atoms with van der Waals surface area (Å²) in [7, 11) is 3.25. The van der Waals surface area contributed by atoms with Crippen LogP contribution in [0, 0.1) is 0 Å². The van der Waals surface area contributed by atoms with Gasteiger partial charge in [-0.1, -0.05) is 67.6 Å². The van der Waals surface area contributed by atoms with Crippen molar-refractivity contribution in [2.75, 3.05) is 57.2 Å². The minimum Gasteiger partial charge on any atom is -0.375 e. The molecular formula is C33H40N4O4. The van der Waals surface area contributed by atoms with E-state index in [1.54, 1.807) is 18.0 Å². The molecule has 0 aromatic heterocycles. The normalized spacial score (nSPS) is 14.2. The first-order valence-electron chi connectivity index (χ1n) is 14.2. The topological polar surface area (TPSA) is 82.2 Å². The average molecular weight is 557 g/mol. The number of amides is 3. The van der Waals surface area contributed by atoms with Crippen LogP contribution in [0.3, 0.4) is 0 Å². The third kappa shape index (κ3) is 7.73. The van der Waals surface area contributed by atoms with E-state index in [0.717, 1.165) is 29.7 Å². The molecule has 1 saturated heterocycles. The van der Waals surface area contributed by atoms with Crippen molar-refractivity contribution in [3.63, 3.8) is 0 Å². The summed E-state index contributed by atoms with van der Waals surface area (Å²) >= 11 is 0.